The number of thiazole rings is 1. The van der Waals surface area contributed by atoms with Crippen LogP contribution >= 0.6 is 23.1 Å². The van der Waals surface area contributed by atoms with Crippen LogP contribution in [0.15, 0.2) is 10.4 Å². The van der Waals surface area contributed by atoms with Gasteiger partial charge in [0.15, 0.2) is 17.6 Å². The van der Waals surface area contributed by atoms with Crippen LogP contribution in [0.2, 0.25) is 0 Å². The average molecular weight is 663 g/mol. The number of amides is 2. The maximum atomic E-state index is 12.9. The van der Waals surface area contributed by atoms with Crippen LogP contribution < -0.4 is 10.6 Å². The smallest absolute Gasteiger partial charge is 0.329 e. The second-order valence-electron chi connectivity index (χ2n) is 11.7. The number of Topliss-reactive ketones (excluding diaryl/α,β-unsaturated/α-hetero) is 5. The topological polar surface area (TPSA) is 206 Å². The molecule has 0 saturated heterocycles. The molecule has 0 aromatic carbocycles. The maximum Gasteiger partial charge on any atom is 0.329 e. The quantitative estimate of drug-likeness (QED) is 0.172. The first kappa shape index (κ1) is 35.9. The van der Waals surface area contributed by atoms with E-state index in [1.54, 1.807) is 12.3 Å². The van der Waals surface area contributed by atoms with Crippen LogP contribution in [-0.2, 0) is 44.8 Å². The normalized spacial score (nSPS) is 17.8. The van der Waals surface area contributed by atoms with Crippen molar-refractivity contribution in [3.63, 3.8) is 0 Å². The van der Waals surface area contributed by atoms with Gasteiger partial charge in [-0.2, -0.15) is 0 Å². The molecule has 0 spiro atoms. The number of aromatic nitrogens is 1. The number of rotatable bonds is 20. The van der Waals surface area contributed by atoms with Gasteiger partial charge in [0.05, 0.1) is 29.4 Å². The Morgan fingerprint density at radius 2 is 1.71 bits per heavy atom. The number of aliphatic imine (C=N–C) groups is 1. The molecule has 0 radical (unpaired) electrons. The molecular weight excluding hydrogens is 624 g/mol. The van der Waals surface area contributed by atoms with Gasteiger partial charge < -0.3 is 15.7 Å². The molecular formula is C30H38N4O9S2. The molecule has 45 heavy (non-hydrogen) atoms. The number of nitrogens with one attached hydrogen (secondary N) is 2. The molecule has 2 aliphatic rings. The molecule has 3 atom stereocenters. The third kappa shape index (κ3) is 11.4. The van der Waals surface area contributed by atoms with E-state index in [1.165, 1.54) is 36.9 Å². The van der Waals surface area contributed by atoms with E-state index in [2.05, 4.69) is 20.6 Å². The number of carboxylic acid groups (broad SMARTS) is 1. The lowest BCUT2D eigenvalue weighted by Crippen LogP contribution is -2.44. The van der Waals surface area contributed by atoms with Crippen LogP contribution in [-0.4, -0.2) is 85.2 Å². The molecule has 2 heterocycles. The predicted molar refractivity (Wildman–Crippen MR) is 166 cm³/mol. The van der Waals surface area contributed by atoms with Crippen molar-refractivity contribution in [1.82, 2.24) is 15.6 Å². The van der Waals surface area contributed by atoms with E-state index in [4.69, 9.17) is 5.11 Å². The molecule has 1 fully saturated rings. The number of aryl methyl sites for hydroxylation is 1. The van der Waals surface area contributed by atoms with Gasteiger partial charge in [-0.05, 0) is 32.1 Å². The summed E-state index contributed by atoms with van der Waals surface area (Å²) in [5.74, 6) is -3.44. The predicted octanol–water partition coefficient (Wildman–Crippen LogP) is 2.02. The van der Waals surface area contributed by atoms with Gasteiger partial charge in [-0.15, -0.1) is 23.1 Å². The second kappa shape index (κ2) is 16.1. The molecule has 2 amide bonds. The Labute approximate surface area is 268 Å². The minimum atomic E-state index is -1.13. The number of nitrogens with zero attached hydrogens (tertiary/aromatic N) is 2. The Balaban J connectivity index is 1.38. The number of carbonyl (C=O) groups is 8. The van der Waals surface area contributed by atoms with Crippen molar-refractivity contribution in [2.45, 2.75) is 103 Å². The molecule has 1 aromatic rings. The van der Waals surface area contributed by atoms with Crippen LogP contribution in [0.3, 0.4) is 0 Å². The number of hydrogen-bond donors (Lipinski definition) is 3. The molecule has 3 N–H and O–H groups in total. The summed E-state index contributed by atoms with van der Waals surface area (Å²) in [5, 5.41) is 17.2. The zero-order valence-electron chi connectivity index (χ0n) is 25.5. The number of carbonyl (C=O) groups excluding carboxylic acids is 7. The molecule has 0 unspecified atom stereocenters. The van der Waals surface area contributed by atoms with E-state index in [0.29, 0.717) is 47.2 Å². The highest BCUT2D eigenvalue weighted by molar-refractivity contribution is 8.14. The first-order valence-electron chi connectivity index (χ1n) is 14.7. The van der Waals surface area contributed by atoms with E-state index < -0.39 is 47.6 Å². The molecule has 1 aliphatic heterocycles. The number of ketones is 5. The van der Waals surface area contributed by atoms with Gasteiger partial charge in [0.25, 0.3) is 0 Å². The van der Waals surface area contributed by atoms with Gasteiger partial charge >= 0.3 is 5.97 Å². The third-order valence-corrected chi connectivity index (χ3v) is 9.40. The zero-order chi connectivity index (χ0) is 33.3. The lowest BCUT2D eigenvalue weighted by Gasteiger charge is -2.18. The van der Waals surface area contributed by atoms with E-state index >= 15 is 0 Å². The molecule has 15 heteroatoms. The molecule has 1 saturated carbocycles. The molecule has 244 valence electrons. The van der Waals surface area contributed by atoms with Gasteiger partial charge in [-0.3, -0.25) is 38.6 Å². The number of aliphatic carboxylic acids is 1. The highest BCUT2D eigenvalue weighted by Crippen LogP contribution is 2.37. The van der Waals surface area contributed by atoms with E-state index in [9.17, 15) is 38.4 Å². The largest absolute Gasteiger partial charge is 0.480 e. The second-order valence-corrected chi connectivity index (χ2v) is 13.6. The van der Waals surface area contributed by atoms with E-state index in [-0.39, 0.29) is 61.2 Å². The molecule has 1 aromatic heterocycles. The Kier molecular flexibility index (Phi) is 12.8. The van der Waals surface area contributed by atoms with Gasteiger partial charge in [-0.25, -0.2) is 9.78 Å². The van der Waals surface area contributed by atoms with Crippen molar-refractivity contribution in [1.29, 1.82) is 0 Å². The Hall–Kier alpha value is -3.59. The van der Waals surface area contributed by atoms with Crippen molar-refractivity contribution >= 4 is 74.8 Å². The Morgan fingerprint density at radius 1 is 1.02 bits per heavy atom. The average Bonchev–Trinajstić information content (AvgIpc) is 3.32. The summed E-state index contributed by atoms with van der Waals surface area (Å²) in [4.78, 5) is 105. The summed E-state index contributed by atoms with van der Waals surface area (Å²) in [7, 11) is 0. The van der Waals surface area contributed by atoms with Gasteiger partial charge in [-0.1, -0.05) is 6.92 Å². The Bertz CT molecular complexity index is 1380. The third-order valence-electron chi connectivity index (χ3n) is 7.43. The monoisotopic (exact) mass is 662 g/mol. The first-order chi connectivity index (χ1) is 21.2. The van der Waals surface area contributed by atoms with E-state index in [1.807, 2.05) is 0 Å². The molecule has 0 bridgehead atoms. The summed E-state index contributed by atoms with van der Waals surface area (Å²) < 4.78 is 0. The standard InChI is InChI=1S/C30H38N4O9S2/c1-16(10-24(39)21(11-17(2)35)31-18(3)36)4-5-20(38)13-26(41)34-30(8-9-30)25(40)12-19(37)6-7-27-32-22(14-44-27)28-33-23(15-45-28)29(42)43/h14,16,21,23H,4-13,15H2,1-3H3,(H,31,36)(H,34,41)(H,42,43)/t16-,21+,23-/m0/s1. The van der Waals surface area contributed by atoms with Crippen molar-refractivity contribution in [3.8, 4) is 0 Å². The first-order valence-corrected chi connectivity index (χ1v) is 16.6. The summed E-state index contributed by atoms with van der Waals surface area (Å²) in [6, 6.07) is -1.70. The van der Waals surface area contributed by atoms with E-state index in [0.717, 1.165) is 0 Å². The Morgan fingerprint density at radius 3 is 2.31 bits per heavy atom. The maximum absolute atomic E-state index is 12.9. The van der Waals surface area contributed by atoms with Crippen molar-refractivity contribution < 1.29 is 43.5 Å². The summed E-state index contributed by atoms with van der Waals surface area (Å²) in [6.45, 7) is 4.37. The van der Waals surface area contributed by atoms with Crippen LogP contribution in [0, 0.1) is 5.92 Å². The van der Waals surface area contributed by atoms with Crippen LogP contribution in [0.1, 0.15) is 89.3 Å². The fraction of sp³-hybridized carbons (Fsp3) is 0.600. The van der Waals surface area contributed by atoms with Crippen molar-refractivity contribution in [3.05, 3.63) is 16.1 Å². The molecule has 13 nitrogen and oxygen atoms in total. The number of thioether (sulfide) groups is 1. The zero-order valence-corrected chi connectivity index (χ0v) is 27.1. The summed E-state index contributed by atoms with van der Waals surface area (Å²) in [5.41, 5.74) is -0.556. The minimum absolute atomic E-state index is 0.0451. The highest BCUT2D eigenvalue weighted by Gasteiger charge is 2.50. The van der Waals surface area contributed by atoms with Crippen LogP contribution in [0.5, 0.6) is 0 Å². The lowest BCUT2D eigenvalue weighted by atomic mass is 9.93. The van der Waals surface area contributed by atoms with Gasteiger partial charge in [0.2, 0.25) is 11.8 Å². The van der Waals surface area contributed by atoms with Crippen molar-refractivity contribution in [2.24, 2.45) is 10.9 Å². The number of carboxylic acids is 1. The summed E-state index contributed by atoms with van der Waals surface area (Å²) >= 11 is 2.65. The fourth-order valence-corrected chi connectivity index (χ4v) is 6.64. The minimum Gasteiger partial charge on any atom is -0.480 e. The SMILES string of the molecule is CC(=O)C[C@@H](NC(C)=O)C(=O)C[C@@H](C)CCC(=O)CC(=O)NC1(C(=O)CC(=O)CCc2nc(C3=N[C@H](C(=O)O)CS3)cs2)CC1. The number of hydrogen-bond acceptors (Lipinski definition) is 12. The van der Waals surface area contributed by atoms with Crippen LogP contribution in [0.4, 0.5) is 0 Å². The summed E-state index contributed by atoms with van der Waals surface area (Å²) in [6.07, 6.45) is 0.755. The molecule has 1 aliphatic carbocycles. The van der Waals surface area contributed by atoms with Gasteiger partial charge in [0, 0.05) is 50.2 Å². The van der Waals surface area contributed by atoms with Crippen molar-refractivity contribution in [2.75, 3.05) is 5.75 Å². The lowest BCUT2D eigenvalue weighted by molar-refractivity contribution is -0.138. The fourth-order valence-electron chi connectivity index (χ4n) is 4.80. The molecule has 3 rings (SSSR count). The van der Waals surface area contributed by atoms with Crippen LogP contribution in [0.25, 0.3) is 0 Å². The highest BCUT2D eigenvalue weighted by atomic mass is 32.2. The van der Waals surface area contributed by atoms with Gasteiger partial charge in [0.1, 0.15) is 28.1 Å².